The Morgan fingerprint density at radius 2 is 2.11 bits per heavy atom. The lowest BCUT2D eigenvalue weighted by molar-refractivity contribution is -0.120. The highest BCUT2D eigenvalue weighted by molar-refractivity contribution is 6.30. The summed E-state index contributed by atoms with van der Waals surface area (Å²) in [5.41, 5.74) is 1.69. The number of halogens is 1. The van der Waals surface area contributed by atoms with Crippen molar-refractivity contribution in [1.29, 1.82) is 0 Å². The molecule has 19 heavy (non-hydrogen) atoms. The third kappa shape index (κ3) is 3.83. The Hall–Kier alpha value is -1.81. The summed E-state index contributed by atoms with van der Waals surface area (Å²) in [5, 5.41) is 7.39. The summed E-state index contributed by atoms with van der Waals surface area (Å²) in [6, 6.07) is 9.19. The molecule has 1 amide bonds. The molecule has 4 nitrogen and oxygen atoms in total. The van der Waals surface area contributed by atoms with E-state index in [0.717, 1.165) is 11.3 Å². The van der Waals surface area contributed by atoms with Crippen molar-refractivity contribution in [3.8, 4) is 11.3 Å². The lowest BCUT2D eigenvalue weighted by atomic mass is 10.1. The van der Waals surface area contributed by atoms with Crippen LogP contribution in [0.5, 0.6) is 0 Å². The van der Waals surface area contributed by atoms with Crippen LogP contribution in [0.2, 0.25) is 5.02 Å². The maximum absolute atomic E-state index is 11.3. The second-order valence-corrected chi connectivity index (χ2v) is 4.58. The third-order valence-corrected chi connectivity index (χ3v) is 2.92. The molecule has 0 radical (unpaired) electrons. The van der Waals surface area contributed by atoms with Crippen LogP contribution in [0.3, 0.4) is 0 Å². The van der Waals surface area contributed by atoms with Gasteiger partial charge in [0.1, 0.15) is 0 Å². The summed E-state index contributed by atoms with van der Waals surface area (Å²) in [6.45, 7) is 2.54. The predicted octanol–water partition coefficient (Wildman–Crippen LogP) is 3.06. The van der Waals surface area contributed by atoms with Crippen LogP contribution in [0.25, 0.3) is 11.3 Å². The molecule has 1 aromatic heterocycles. The van der Waals surface area contributed by atoms with E-state index in [1.165, 1.54) is 0 Å². The van der Waals surface area contributed by atoms with Crippen LogP contribution < -0.4 is 5.32 Å². The molecule has 1 heterocycles. The van der Waals surface area contributed by atoms with Crippen molar-refractivity contribution in [2.24, 2.45) is 0 Å². The van der Waals surface area contributed by atoms with Crippen molar-refractivity contribution in [2.75, 3.05) is 6.54 Å². The smallest absolute Gasteiger partial charge is 0.220 e. The van der Waals surface area contributed by atoms with Crippen molar-refractivity contribution in [3.05, 3.63) is 41.0 Å². The van der Waals surface area contributed by atoms with Gasteiger partial charge in [-0.3, -0.25) is 4.79 Å². The van der Waals surface area contributed by atoms with E-state index in [9.17, 15) is 4.79 Å². The van der Waals surface area contributed by atoms with Crippen LogP contribution in [0.15, 0.2) is 34.9 Å². The van der Waals surface area contributed by atoms with Crippen molar-refractivity contribution in [2.45, 2.75) is 19.8 Å². The summed E-state index contributed by atoms with van der Waals surface area (Å²) >= 11 is 5.83. The Morgan fingerprint density at radius 1 is 1.37 bits per heavy atom. The number of carbonyl (C=O) groups is 1. The highest BCUT2D eigenvalue weighted by Crippen LogP contribution is 2.22. The summed E-state index contributed by atoms with van der Waals surface area (Å²) in [6.07, 6.45) is 0.989. The van der Waals surface area contributed by atoms with Crippen LogP contribution in [0, 0.1) is 0 Å². The molecule has 0 bridgehead atoms. The molecule has 1 N–H and O–H groups in total. The number of hydrogen-bond donors (Lipinski definition) is 1. The van der Waals surface area contributed by atoms with Crippen LogP contribution in [0.4, 0.5) is 0 Å². The Labute approximate surface area is 116 Å². The van der Waals surface area contributed by atoms with Crippen LogP contribution in [0.1, 0.15) is 19.0 Å². The fourth-order valence-electron chi connectivity index (χ4n) is 1.71. The first kappa shape index (κ1) is 13.6. The molecule has 1 aromatic carbocycles. The fourth-order valence-corrected chi connectivity index (χ4v) is 1.83. The zero-order chi connectivity index (χ0) is 13.7. The molecule has 100 valence electrons. The minimum absolute atomic E-state index is 0.0264. The maximum Gasteiger partial charge on any atom is 0.220 e. The first-order valence-electron chi connectivity index (χ1n) is 6.17. The SMILES string of the molecule is CCNC(=O)CCc1cc(-c2ccc(Cl)cc2)on1. The van der Waals surface area contributed by atoms with Gasteiger partial charge in [-0.25, -0.2) is 0 Å². The first-order chi connectivity index (χ1) is 9.19. The molecule has 2 rings (SSSR count). The second kappa shape index (κ2) is 6.38. The number of rotatable bonds is 5. The highest BCUT2D eigenvalue weighted by atomic mass is 35.5. The van der Waals surface area contributed by atoms with Crippen LogP contribution in [-0.4, -0.2) is 17.6 Å². The van der Waals surface area contributed by atoms with E-state index in [1.54, 1.807) is 12.1 Å². The monoisotopic (exact) mass is 278 g/mol. The Kier molecular flexibility index (Phi) is 4.58. The van der Waals surface area contributed by atoms with Crippen LogP contribution >= 0.6 is 11.6 Å². The second-order valence-electron chi connectivity index (χ2n) is 4.14. The summed E-state index contributed by atoms with van der Waals surface area (Å²) in [4.78, 5) is 11.3. The van der Waals surface area contributed by atoms with Gasteiger partial charge in [-0.15, -0.1) is 0 Å². The normalized spacial score (nSPS) is 10.4. The van der Waals surface area contributed by atoms with Crippen LogP contribution in [-0.2, 0) is 11.2 Å². The molecular formula is C14H15ClN2O2. The molecule has 0 aliphatic heterocycles. The Bertz CT molecular complexity index is 549. The van der Waals surface area contributed by atoms with Gasteiger partial charge in [0.15, 0.2) is 5.76 Å². The Balaban J connectivity index is 1.99. The number of aromatic nitrogens is 1. The van der Waals surface area contributed by atoms with Gasteiger partial charge in [0, 0.05) is 36.0 Å². The standard InChI is InChI=1S/C14H15ClN2O2/c1-2-16-14(18)8-7-12-9-13(19-17-12)10-3-5-11(15)6-4-10/h3-6,9H,2,7-8H2,1H3,(H,16,18). The molecule has 0 atom stereocenters. The molecule has 0 fully saturated rings. The van der Waals surface area contributed by atoms with E-state index in [2.05, 4.69) is 10.5 Å². The Morgan fingerprint density at radius 3 is 2.79 bits per heavy atom. The van der Waals surface area contributed by atoms with Crippen molar-refractivity contribution < 1.29 is 9.32 Å². The molecule has 0 aliphatic carbocycles. The van der Waals surface area contributed by atoms with Gasteiger partial charge in [-0.2, -0.15) is 0 Å². The minimum Gasteiger partial charge on any atom is -0.356 e. The van der Waals surface area contributed by atoms with Crippen molar-refractivity contribution in [1.82, 2.24) is 10.5 Å². The molecule has 0 aliphatic rings. The number of hydrogen-bond acceptors (Lipinski definition) is 3. The van der Waals surface area contributed by atoms with Gasteiger partial charge in [0.25, 0.3) is 0 Å². The van der Waals surface area contributed by atoms with Gasteiger partial charge in [0.05, 0.1) is 5.69 Å². The van der Waals surface area contributed by atoms with Gasteiger partial charge in [-0.1, -0.05) is 16.8 Å². The van der Waals surface area contributed by atoms with E-state index in [-0.39, 0.29) is 5.91 Å². The summed E-state index contributed by atoms with van der Waals surface area (Å²) in [5.74, 6) is 0.709. The lowest BCUT2D eigenvalue weighted by Crippen LogP contribution is -2.22. The van der Waals surface area contributed by atoms with Gasteiger partial charge < -0.3 is 9.84 Å². The molecule has 2 aromatic rings. The number of aryl methyl sites for hydroxylation is 1. The van der Waals surface area contributed by atoms with E-state index in [1.807, 2.05) is 25.1 Å². The average molecular weight is 279 g/mol. The number of nitrogens with one attached hydrogen (secondary N) is 1. The average Bonchev–Trinajstić information content (AvgIpc) is 2.86. The molecule has 5 heteroatoms. The summed E-state index contributed by atoms with van der Waals surface area (Å²) in [7, 11) is 0. The van der Waals surface area contributed by atoms with Gasteiger partial charge in [-0.05, 0) is 31.2 Å². The largest absolute Gasteiger partial charge is 0.356 e. The van der Waals surface area contributed by atoms with E-state index in [0.29, 0.717) is 30.2 Å². The predicted molar refractivity (Wildman–Crippen MR) is 74.0 cm³/mol. The molecule has 0 saturated carbocycles. The highest BCUT2D eigenvalue weighted by Gasteiger charge is 2.08. The molecule has 0 saturated heterocycles. The molecule has 0 spiro atoms. The summed E-state index contributed by atoms with van der Waals surface area (Å²) < 4.78 is 5.26. The minimum atomic E-state index is 0.0264. The quantitative estimate of drug-likeness (QED) is 0.914. The number of carbonyl (C=O) groups excluding carboxylic acids is 1. The molecule has 0 unspecified atom stereocenters. The number of amides is 1. The first-order valence-corrected chi connectivity index (χ1v) is 6.55. The van der Waals surface area contributed by atoms with Gasteiger partial charge in [0.2, 0.25) is 5.91 Å². The van der Waals surface area contributed by atoms with E-state index >= 15 is 0 Å². The lowest BCUT2D eigenvalue weighted by Gasteiger charge is -1.98. The zero-order valence-corrected chi connectivity index (χ0v) is 11.4. The van der Waals surface area contributed by atoms with Crippen molar-refractivity contribution >= 4 is 17.5 Å². The maximum atomic E-state index is 11.3. The van der Waals surface area contributed by atoms with E-state index < -0.39 is 0 Å². The number of nitrogens with zero attached hydrogens (tertiary/aromatic N) is 1. The fraction of sp³-hybridized carbons (Fsp3) is 0.286. The molecular weight excluding hydrogens is 264 g/mol. The zero-order valence-electron chi connectivity index (χ0n) is 10.6. The van der Waals surface area contributed by atoms with E-state index in [4.69, 9.17) is 16.1 Å². The third-order valence-electron chi connectivity index (χ3n) is 2.67. The topological polar surface area (TPSA) is 55.1 Å². The number of benzene rings is 1. The van der Waals surface area contributed by atoms with Gasteiger partial charge >= 0.3 is 0 Å². The van der Waals surface area contributed by atoms with Crippen molar-refractivity contribution in [3.63, 3.8) is 0 Å².